The highest BCUT2D eigenvalue weighted by Crippen LogP contribution is 2.33. The molecule has 1 aromatic rings. The molecule has 1 heterocycles. The highest BCUT2D eigenvalue weighted by atomic mass is 32.2. The van der Waals surface area contributed by atoms with Crippen LogP contribution in [0.1, 0.15) is 50.2 Å². The minimum Gasteiger partial charge on any atom is -0.339 e. The van der Waals surface area contributed by atoms with Crippen LogP contribution in [0.15, 0.2) is 4.52 Å². The molecule has 2 fully saturated rings. The van der Waals surface area contributed by atoms with Crippen LogP contribution in [0.4, 0.5) is 0 Å². The third-order valence-electron chi connectivity index (χ3n) is 3.90. The Morgan fingerprint density at radius 1 is 1.28 bits per heavy atom. The lowest BCUT2D eigenvalue weighted by atomic mass is 10.1. The van der Waals surface area contributed by atoms with Crippen LogP contribution >= 0.6 is 11.8 Å². The number of aromatic nitrogens is 2. The summed E-state index contributed by atoms with van der Waals surface area (Å²) in [5.41, 5.74) is 6.06. The number of nitrogens with zero attached hydrogens (tertiary/aromatic N) is 2. The van der Waals surface area contributed by atoms with Crippen LogP contribution in [0.3, 0.4) is 0 Å². The van der Waals surface area contributed by atoms with E-state index in [-0.39, 0.29) is 6.04 Å². The van der Waals surface area contributed by atoms with Crippen molar-refractivity contribution in [1.82, 2.24) is 10.1 Å². The number of hydrogen-bond donors (Lipinski definition) is 1. The SMILES string of the molecule is NC(Cc1nc(CSC2CCCC2)no1)C1CC1. The van der Waals surface area contributed by atoms with E-state index >= 15 is 0 Å². The minimum atomic E-state index is 0.209. The molecular formula is C13H21N3OS. The maximum Gasteiger partial charge on any atom is 0.228 e. The number of thioether (sulfide) groups is 1. The van der Waals surface area contributed by atoms with Gasteiger partial charge < -0.3 is 10.3 Å². The summed E-state index contributed by atoms with van der Waals surface area (Å²) in [4.78, 5) is 4.44. The van der Waals surface area contributed by atoms with E-state index < -0.39 is 0 Å². The maximum atomic E-state index is 6.06. The average molecular weight is 267 g/mol. The molecule has 0 bridgehead atoms. The molecule has 5 heteroatoms. The quantitative estimate of drug-likeness (QED) is 0.858. The first-order valence-corrected chi connectivity index (χ1v) is 8.05. The Balaban J connectivity index is 1.46. The Hall–Kier alpha value is -0.550. The zero-order valence-corrected chi connectivity index (χ0v) is 11.5. The van der Waals surface area contributed by atoms with Crippen LogP contribution in [0.25, 0.3) is 0 Å². The topological polar surface area (TPSA) is 64.9 Å². The fourth-order valence-electron chi connectivity index (χ4n) is 2.57. The molecular weight excluding hydrogens is 246 g/mol. The standard InChI is InChI=1S/C13H21N3OS/c14-11(9-5-6-9)7-13-15-12(16-17-13)8-18-10-3-1-2-4-10/h9-11H,1-8,14H2. The van der Waals surface area contributed by atoms with Gasteiger partial charge in [0.2, 0.25) is 5.89 Å². The van der Waals surface area contributed by atoms with Crippen molar-refractivity contribution < 1.29 is 4.52 Å². The highest BCUT2D eigenvalue weighted by molar-refractivity contribution is 7.99. The molecule has 0 radical (unpaired) electrons. The first kappa shape index (κ1) is 12.5. The Morgan fingerprint density at radius 2 is 2.06 bits per heavy atom. The van der Waals surface area contributed by atoms with Crippen molar-refractivity contribution in [2.24, 2.45) is 11.7 Å². The molecule has 18 heavy (non-hydrogen) atoms. The van der Waals surface area contributed by atoms with Gasteiger partial charge in [-0.2, -0.15) is 16.7 Å². The Kier molecular flexibility index (Phi) is 3.89. The summed E-state index contributed by atoms with van der Waals surface area (Å²) in [6.45, 7) is 0. The van der Waals surface area contributed by atoms with Crippen LogP contribution in [-0.4, -0.2) is 21.4 Å². The van der Waals surface area contributed by atoms with Gasteiger partial charge in [0.25, 0.3) is 0 Å². The molecule has 0 amide bonds. The van der Waals surface area contributed by atoms with Crippen LogP contribution in [-0.2, 0) is 12.2 Å². The van der Waals surface area contributed by atoms with Crippen molar-refractivity contribution in [2.45, 2.75) is 62.0 Å². The lowest BCUT2D eigenvalue weighted by Crippen LogP contribution is -2.25. The second kappa shape index (κ2) is 5.61. The molecule has 0 aliphatic heterocycles. The first-order valence-electron chi connectivity index (χ1n) is 7.00. The second-order valence-corrected chi connectivity index (χ2v) is 6.82. The Labute approximate surface area is 112 Å². The number of rotatable bonds is 6. The molecule has 0 aromatic carbocycles. The van der Waals surface area contributed by atoms with Gasteiger partial charge >= 0.3 is 0 Å². The van der Waals surface area contributed by atoms with Crippen molar-refractivity contribution >= 4 is 11.8 Å². The van der Waals surface area contributed by atoms with E-state index in [9.17, 15) is 0 Å². The van der Waals surface area contributed by atoms with Crippen molar-refractivity contribution in [1.29, 1.82) is 0 Å². The van der Waals surface area contributed by atoms with E-state index in [2.05, 4.69) is 10.1 Å². The summed E-state index contributed by atoms with van der Waals surface area (Å²) in [7, 11) is 0. The molecule has 1 atom stereocenters. The Bertz CT molecular complexity index is 385. The van der Waals surface area contributed by atoms with Gasteiger partial charge in [0.05, 0.1) is 5.75 Å². The zero-order valence-electron chi connectivity index (χ0n) is 10.7. The third-order valence-corrected chi connectivity index (χ3v) is 5.27. The molecule has 2 saturated carbocycles. The predicted octanol–water partition coefficient (Wildman–Crippen LogP) is 2.53. The van der Waals surface area contributed by atoms with Crippen molar-refractivity contribution in [3.05, 3.63) is 11.7 Å². The van der Waals surface area contributed by atoms with E-state index in [4.69, 9.17) is 10.3 Å². The lowest BCUT2D eigenvalue weighted by Gasteiger charge is -2.05. The van der Waals surface area contributed by atoms with E-state index in [0.717, 1.165) is 29.1 Å². The van der Waals surface area contributed by atoms with Crippen molar-refractivity contribution in [3.63, 3.8) is 0 Å². The van der Waals surface area contributed by atoms with Gasteiger partial charge in [-0.15, -0.1) is 0 Å². The maximum absolute atomic E-state index is 6.06. The van der Waals surface area contributed by atoms with Crippen LogP contribution in [0, 0.1) is 5.92 Å². The monoisotopic (exact) mass is 267 g/mol. The summed E-state index contributed by atoms with van der Waals surface area (Å²) in [6, 6.07) is 0.209. The van der Waals surface area contributed by atoms with E-state index in [1.54, 1.807) is 0 Å². The van der Waals surface area contributed by atoms with Gasteiger partial charge in [-0.25, -0.2) is 0 Å². The largest absolute Gasteiger partial charge is 0.339 e. The van der Waals surface area contributed by atoms with Gasteiger partial charge in [-0.1, -0.05) is 18.0 Å². The summed E-state index contributed by atoms with van der Waals surface area (Å²) >= 11 is 1.97. The summed E-state index contributed by atoms with van der Waals surface area (Å²) in [5.74, 6) is 3.13. The van der Waals surface area contributed by atoms with E-state index in [1.165, 1.54) is 38.5 Å². The van der Waals surface area contributed by atoms with Crippen molar-refractivity contribution in [3.8, 4) is 0 Å². The predicted molar refractivity (Wildman–Crippen MR) is 72.3 cm³/mol. The molecule has 1 aromatic heterocycles. The van der Waals surface area contributed by atoms with Crippen molar-refractivity contribution in [2.75, 3.05) is 0 Å². The molecule has 4 nitrogen and oxygen atoms in total. The van der Waals surface area contributed by atoms with Gasteiger partial charge in [0.15, 0.2) is 5.82 Å². The van der Waals surface area contributed by atoms with Crippen LogP contribution in [0.2, 0.25) is 0 Å². The molecule has 2 N–H and O–H groups in total. The lowest BCUT2D eigenvalue weighted by molar-refractivity contribution is 0.360. The molecule has 0 saturated heterocycles. The molecule has 1 unspecified atom stereocenters. The second-order valence-electron chi connectivity index (χ2n) is 5.53. The summed E-state index contributed by atoms with van der Waals surface area (Å²) < 4.78 is 5.27. The molecule has 3 rings (SSSR count). The van der Waals surface area contributed by atoms with Gasteiger partial charge in [-0.3, -0.25) is 0 Å². The van der Waals surface area contributed by atoms with Crippen LogP contribution in [0.5, 0.6) is 0 Å². The fourth-order valence-corrected chi connectivity index (χ4v) is 3.74. The minimum absolute atomic E-state index is 0.209. The highest BCUT2D eigenvalue weighted by Gasteiger charge is 2.29. The molecule has 100 valence electrons. The molecule has 2 aliphatic rings. The summed E-state index contributed by atoms with van der Waals surface area (Å²) in [5, 5.41) is 4.85. The third kappa shape index (κ3) is 3.26. The zero-order chi connectivity index (χ0) is 12.4. The molecule has 0 spiro atoms. The van der Waals surface area contributed by atoms with E-state index in [0.29, 0.717) is 5.92 Å². The van der Waals surface area contributed by atoms with Crippen LogP contribution < -0.4 is 5.73 Å². The fraction of sp³-hybridized carbons (Fsp3) is 0.846. The Morgan fingerprint density at radius 3 is 2.78 bits per heavy atom. The first-order chi connectivity index (χ1) is 8.81. The van der Waals surface area contributed by atoms with E-state index in [1.807, 2.05) is 11.8 Å². The number of nitrogens with two attached hydrogens (primary N) is 1. The average Bonchev–Trinajstić information content (AvgIpc) is 2.92. The molecule has 2 aliphatic carbocycles. The van der Waals surface area contributed by atoms with Gasteiger partial charge in [0, 0.05) is 17.7 Å². The van der Waals surface area contributed by atoms with Gasteiger partial charge in [0.1, 0.15) is 0 Å². The summed E-state index contributed by atoms with van der Waals surface area (Å²) in [6.07, 6.45) is 8.73. The van der Waals surface area contributed by atoms with Gasteiger partial charge in [-0.05, 0) is 31.6 Å². The number of hydrogen-bond acceptors (Lipinski definition) is 5. The smallest absolute Gasteiger partial charge is 0.228 e. The normalized spacial score (nSPS) is 22.5.